The SMILES string of the molecule is C1=Cc2ccc(-c3cccc4ccccc34)cc2C1. The number of hydrogen-bond acceptors (Lipinski definition) is 0. The molecule has 4 rings (SSSR count). The smallest absolute Gasteiger partial charge is 0.00880 e. The van der Waals surface area contributed by atoms with E-state index in [2.05, 4.69) is 72.8 Å². The van der Waals surface area contributed by atoms with E-state index in [1.54, 1.807) is 0 Å². The van der Waals surface area contributed by atoms with Crippen molar-refractivity contribution in [1.82, 2.24) is 0 Å². The maximum atomic E-state index is 2.33. The Balaban J connectivity index is 1.96. The predicted octanol–water partition coefficient (Wildman–Crippen LogP) is 5.08. The molecule has 1 aliphatic rings. The molecule has 0 fully saturated rings. The summed E-state index contributed by atoms with van der Waals surface area (Å²) in [6, 6.07) is 21.9. The van der Waals surface area contributed by atoms with Crippen LogP contribution >= 0.6 is 0 Å². The second-order valence-corrected chi connectivity index (χ2v) is 5.05. The van der Waals surface area contributed by atoms with Crippen LogP contribution < -0.4 is 0 Å². The monoisotopic (exact) mass is 242 g/mol. The van der Waals surface area contributed by atoms with E-state index in [9.17, 15) is 0 Å². The number of rotatable bonds is 1. The van der Waals surface area contributed by atoms with E-state index in [0.717, 1.165) is 6.42 Å². The van der Waals surface area contributed by atoms with Gasteiger partial charge in [0.25, 0.3) is 0 Å². The van der Waals surface area contributed by atoms with E-state index in [1.807, 2.05) is 0 Å². The highest BCUT2D eigenvalue weighted by Gasteiger charge is 2.08. The molecule has 0 spiro atoms. The molecule has 90 valence electrons. The van der Waals surface area contributed by atoms with Crippen LogP contribution in [-0.2, 0) is 6.42 Å². The summed E-state index contributed by atoms with van der Waals surface area (Å²) in [4.78, 5) is 0. The Hall–Kier alpha value is -2.34. The number of allylic oxidation sites excluding steroid dienone is 1. The van der Waals surface area contributed by atoms with Crippen LogP contribution in [0.4, 0.5) is 0 Å². The number of fused-ring (bicyclic) bond motifs is 2. The van der Waals surface area contributed by atoms with Gasteiger partial charge in [-0.05, 0) is 39.4 Å². The molecule has 0 heterocycles. The topological polar surface area (TPSA) is 0 Å². The van der Waals surface area contributed by atoms with Crippen LogP contribution in [0.15, 0.2) is 66.7 Å². The Bertz CT molecular complexity index is 789. The third-order valence-corrected chi connectivity index (χ3v) is 3.88. The van der Waals surface area contributed by atoms with Crippen molar-refractivity contribution < 1.29 is 0 Å². The van der Waals surface area contributed by atoms with E-state index in [-0.39, 0.29) is 0 Å². The van der Waals surface area contributed by atoms with E-state index in [0.29, 0.717) is 0 Å². The van der Waals surface area contributed by atoms with E-state index < -0.39 is 0 Å². The van der Waals surface area contributed by atoms with Crippen LogP contribution in [0.25, 0.3) is 28.0 Å². The zero-order valence-corrected chi connectivity index (χ0v) is 10.6. The van der Waals surface area contributed by atoms with E-state index in [4.69, 9.17) is 0 Å². The van der Waals surface area contributed by atoms with Gasteiger partial charge in [-0.2, -0.15) is 0 Å². The highest BCUT2D eigenvalue weighted by molar-refractivity contribution is 5.96. The van der Waals surface area contributed by atoms with Gasteiger partial charge in [0.1, 0.15) is 0 Å². The Morgan fingerprint density at radius 2 is 1.68 bits per heavy atom. The van der Waals surface area contributed by atoms with Crippen molar-refractivity contribution in [3.05, 3.63) is 77.9 Å². The molecular weight excluding hydrogens is 228 g/mol. The second kappa shape index (κ2) is 4.10. The van der Waals surface area contributed by atoms with Crippen molar-refractivity contribution in [2.75, 3.05) is 0 Å². The van der Waals surface area contributed by atoms with Gasteiger partial charge < -0.3 is 0 Å². The molecule has 0 nitrogen and oxygen atoms in total. The lowest BCUT2D eigenvalue weighted by Gasteiger charge is -2.09. The Morgan fingerprint density at radius 1 is 0.789 bits per heavy atom. The maximum Gasteiger partial charge on any atom is -0.00880 e. The first-order valence-corrected chi connectivity index (χ1v) is 6.69. The molecule has 0 unspecified atom stereocenters. The Morgan fingerprint density at radius 3 is 2.68 bits per heavy atom. The predicted molar refractivity (Wildman–Crippen MR) is 82.1 cm³/mol. The quantitative estimate of drug-likeness (QED) is 0.558. The van der Waals surface area contributed by atoms with Crippen molar-refractivity contribution in [3.63, 3.8) is 0 Å². The Kier molecular flexibility index (Phi) is 2.28. The fourth-order valence-electron chi connectivity index (χ4n) is 2.90. The molecule has 3 aromatic carbocycles. The van der Waals surface area contributed by atoms with Gasteiger partial charge in [0.2, 0.25) is 0 Å². The summed E-state index contributed by atoms with van der Waals surface area (Å²) in [5.74, 6) is 0. The summed E-state index contributed by atoms with van der Waals surface area (Å²) < 4.78 is 0. The molecule has 19 heavy (non-hydrogen) atoms. The van der Waals surface area contributed by atoms with Crippen molar-refractivity contribution >= 4 is 16.8 Å². The standard InChI is InChI=1S/C19H14/c1-2-9-18-15(5-1)7-4-10-19(18)17-12-11-14-6-3-8-16(14)13-17/h1-7,9-13H,8H2. The fourth-order valence-corrected chi connectivity index (χ4v) is 2.90. The number of benzene rings is 3. The summed E-state index contributed by atoms with van der Waals surface area (Å²) in [5, 5.41) is 2.63. The van der Waals surface area contributed by atoms with Gasteiger partial charge in [-0.1, -0.05) is 72.8 Å². The lowest BCUT2D eigenvalue weighted by atomic mass is 9.96. The normalized spacial score (nSPS) is 12.8. The Labute approximate surface area is 113 Å². The first-order chi connectivity index (χ1) is 9.42. The van der Waals surface area contributed by atoms with E-state index >= 15 is 0 Å². The maximum absolute atomic E-state index is 2.33. The summed E-state index contributed by atoms with van der Waals surface area (Å²) in [7, 11) is 0. The summed E-state index contributed by atoms with van der Waals surface area (Å²) in [5.41, 5.74) is 5.45. The van der Waals surface area contributed by atoms with Crippen LogP contribution in [-0.4, -0.2) is 0 Å². The zero-order chi connectivity index (χ0) is 12.7. The molecule has 0 heteroatoms. The van der Waals surface area contributed by atoms with Crippen molar-refractivity contribution in [1.29, 1.82) is 0 Å². The molecule has 0 radical (unpaired) electrons. The minimum atomic E-state index is 1.06. The molecule has 0 amide bonds. The lowest BCUT2D eigenvalue weighted by molar-refractivity contribution is 1.31. The van der Waals surface area contributed by atoms with Gasteiger partial charge in [0.05, 0.1) is 0 Å². The van der Waals surface area contributed by atoms with E-state index in [1.165, 1.54) is 33.0 Å². The van der Waals surface area contributed by atoms with Gasteiger partial charge in [0, 0.05) is 0 Å². The molecule has 0 bridgehead atoms. The molecule has 0 atom stereocenters. The molecule has 0 N–H and O–H groups in total. The van der Waals surface area contributed by atoms with Crippen LogP contribution in [0.5, 0.6) is 0 Å². The van der Waals surface area contributed by atoms with Crippen molar-refractivity contribution in [2.45, 2.75) is 6.42 Å². The van der Waals surface area contributed by atoms with Gasteiger partial charge in [-0.15, -0.1) is 0 Å². The van der Waals surface area contributed by atoms with Gasteiger partial charge in [-0.25, -0.2) is 0 Å². The van der Waals surface area contributed by atoms with Crippen molar-refractivity contribution in [3.8, 4) is 11.1 Å². The molecule has 0 aliphatic heterocycles. The minimum Gasteiger partial charge on any atom is -0.0795 e. The fraction of sp³-hybridized carbons (Fsp3) is 0.0526. The molecule has 0 saturated carbocycles. The first-order valence-electron chi connectivity index (χ1n) is 6.69. The highest BCUT2D eigenvalue weighted by atomic mass is 14.1. The van der Waals surface area contributed by atoms with Gasteiger partial charge in [0.15, 0.2) is 0 Å². The lowest BCUT2D eigenvalue weighted by Crippen LogP contribution is -1.85. The third-order valence-electron chi connectivity index (χ3n) is 3.88. The first kappa shape index (κ1) is 10.6. The summed E-state index contributed by atoms with van der Waals surface area (Å²) >= 11 is 0. The van der Waals surface area contributed by atoms with Gasteiger partial charge >= 0.3 is 0 Å². The van der Waals surface area contributed by atoms with Crippen LogP contribution in [0.1, 0.15) is 11.1 Å². The molecule has 0 aromatic heterocycles. The largest absolute Gasteiger partial charge is 0.0795 e. The zero-order valence-electron chi connectivity index (χ0n) is 10.6. The minimum absolute atomic E-state index is 1.06. The average Bonchev–Trinajstić information content (AvgIpc) is 2.94. The molecule has 1 aliphatic carbocycles. The second-order valence-electron chi connectivity index (χ2n) is 5.05. The highest BCUT2D eigenvalue weighted by Crippen LogP contribution is 2.31. The molecule has 3 aromatic rings. The van der Waals surface area contributed by atoms with Crippen LogP contribution in [0.2, 0.25) is 0 Å². The average molecular weight is 242 g/mol. The van der Waals surface area contributed by atoms with Crippen LogP contribution in [0.3, 0.4) is 0 Å². The third kappa shape index (κ3) is 1.68. The summed E-state index contributed by atoms with van der Waals surface area (Å²) in [6.45, 7) is 0. The van der Waals surface area contributed by atoms with Gasteiger partial charge in [-0.3, -0.25) is 0 Å². The molecular formula is C19H14. The van der Waals surface area contributed by atoms with Crippen LogP contribution in [0, 0.1) is 0 Å². The summed E-state index contributed by atoms with van der Waals surface area (Å²) in [6.07, 6.45) is 5.51. The van der Waals surface area contributed by atoms with Crippen molar-refractivity contribution in [2.24, 2.45) is 0 Å². The molecule has 0 saturated heterocycles. The number of hydrogen-bond donors (Lipinski definition) is 0.